The first-order valence-corrected chi connectivity index (χ1v) is 12.3. The fraction of sp³-hybridized carbons (Fsp3) is 0.160. The molecule has 1 aliphatic rings. The van der Waals surface area contributed by atoms with Crippen molar-refractivity contribution in [1.82, 2.24) is 4.57 Å². The molecule has 0 aliphatic carbocycles. The van der Waals surface area contributed by atoms with E-state index >= 15 is 0 Å². The van der Waals surface area contributed by atoms with Crippen LogP contribution in [0.5, 0.6) is 0 Å². The highest BCUT2D eigenvalue weighted by atomic mass is 32.2. The molecule has 0 radical (unpaired) electrons. The number of carbonyl (C=O) groups excluding carboxylic acids is 2. The number of nitrogens with two attached hydrogens (primary N) is 1. The number of hydrogen-bond donors (Lipinski definition) is 1. The number of amides is 1. The lowest BCUT2D eigenvalue weighted by Gasteiger charge is -2.13. The van der Waals surface area contributed by atoms with E-state index in [1.54, 1.807) is 69.4 Å². The van der Waals surface area contributed by atoms with Crippen LogP contribution in [0.25, 0.3) is 11.8 Å². The molecule has 1 amide bonds. The second-order valence-electron chi connectivity index (χ2n) is 8.20. The van der Waals surface area contributed by atoms with E-state index in [1.807, 2.05) is 16.7 Å². The number of benzene rings is 2. The average molecular weight is 493 g/mol. The Labute approximate surface area is 203 Å². The monoisotopic (exact) mass is 492 g/mol. The number of aromatic nitrogens is 1. The van der Waals surface area contributed by atoms with Crippen LogP contribution in [-0.4, -0.2) is 36.7 Å². The summed E-state index contributed by atoms with van der Waals surface area (Å²) < 4.78 is 30.1. The van der Waals surface area contributed by atoms with Crippen LogP contribution >= 0.6 is 0 Å². The number of hydrazone groups is 1. The molecule has 180 valence electrons. The van der Waals surface area contributed by atoms with E-state index in [-0.39, 0.29) is 16.9 Å². The SMILES string of the molecule is CC1=NN(c2ccc(C(=O)OC(C)C)cc2)C(=O)/C1=C\c1cccn1-c1ccc(S(N)(=O)=O)cc1. The predicted molar refractivity (Wildman–Crippen MR) is 133 cm³/mol. The van der Waals surface area contributed by atoms with Crippen LogP contribution in [-0.2, 0) is 19.6 Å². The predicted octanol–water partition coefficient (Wildman–Crippen LogP) is 3.50. The summed E-state index contributed by atoms with van der Waals surface area (Å²) in [7, 11) is -3.79. The highest BCUT2D eigenvalue weighted by Gasteiger charge is 2.29. The number of carbonyl (C=O) groups is 2. The Balaban J connectivity index is 1.59. The van der Waals surface area contributed by atoms with Crippen molar-refractivity contribution in [3.63, 3.8) is 0 Å². The van der Waals surface area contributed by atoms with Crippen LogP contribution in [0.3, 0.4) is 0 Å². The summed E-state index contributed by atoms with van der Waals surface area (Å²) in [5.41, 5.74) is 3.27. The molecule has 0 atom stereocenters. The molecule has 0 saturated carbocycles. The summed E-state index contributed by atoms with van der Waals surface area (Å²) in [4.78, 5) is 25.3. The Bertz CT molecular complexity index is 1450. The van der Waals surface area contributed by atoms with Crippen molar-refractivity contribution < 1.29 is 22.7 Å². The lowest BCUT2D eigenvalue weighted by molar-refractivity contribution is -0.114. The smallest absolute Gasteiger partial charge is 0.338 e. The molecule has 0 bridgehead atoms. The van der Waals surface area contributed by atoms with E-state index in [9.17, 15) is 18.0 Å². The molecule has 1 aromatic heterocycles. The fourth-order valence-corrected chi connectivity index (χ4v) is 4.09. The summed E-state index contributed by atoms with van der Waals surface area (Å²) in [6, 6.07) is 16.3. The van der Waals surface area contributed by atoms with Crippen molar-refractivity contribution in [1.29, 1.82) is 0 Å². The van der Waals surface area contributed by atoms with Gasteiger partial charge in [-0.25, -0.2) is 18.4 Å². The van der Waals surface area contributed by atoms with E-state index in [4.69, 9.17) is 9.88 Å². The van der Waals surface area contributed by atoms with Gasteiger partial charge in [0, 0.05) is 17.6 Å². The van der Waals surface area contributed by atoms with Gasteiger partial charge in [-0.05, 0) is 87.5 Å². The summed E-state index contributed by atoms with van der Waals surface area (Å²) >= 11 is 0. The third-order valence-corrected chi connectivity index (χ3v) is 6.20. The van der Waals surface area contributed by atoms with Crippen LogP contribution in [0, 0.1) is 0 Å². The van der Waals surface area contributed by atoms with Gasteiger partial charge < -0.3 is 9.30 Å². The summed E-state index contributed by atoms with van der Waals surface area (Å²) in [6.07, 6.45) is 3.30. The molecule has 35 heavy (non-hydrogen) atoms. The highest BCUT2D eigenvalue weighted by Crippen LogP contribution is 2.26. The van der Waals surface area contributed by atoms with Gasteiger partial charge in [0.15, 0.2) is 0 Å². The minimum absolute atomic E-state index is 0.0152. The number of rotatable bonds is 6. The average Bonchev–Trinajstić information content (AvgIpc) is 3.38. The highest BCUT2D eigenvalue weighted by molar-refractivity contribution is 7.89. The molecule has 4 rings (SSSR count). The van der Waals surface area contributed by atoms with Gasteiger partial charge in [0.2, 0.25) is 10.0 Å². The number of primary sulfonamides is 1. The lowest BCUT2D eigenvalue weighted by atomic mass is 10.1. The number of nitrogens with zero attached hydrogens (tertiary/aromatic N) is 3. The largest absolute Gasteiger partial charge is 0.459 e. The van der Waals surface area contributed by atoms with Gasteiger partial charge in [0.1, 0.15) is 0 Å². The van der Waals surface area contributed by atoms with Crippen LogP contribution in [0.2, 0.25) is 0 Å². The first-order valence-electron chi connectivity index (χ1n) is 10.8. The van der Waals surface area contributed by atoms with Crippen LogP contribution in [0.15, 0.2) is 82.4 Å². The maximum absolute atomic E-state index is 13.2. The summed E-state index contributed by atoms with van der Waals surface area (Å²) in [5, 5.41) is 10.9. The maximum atomic E-state index is 13.2. The number of esters is 1. The zero-order valence-corrected chi connectivity index (χ0v) is 20.2. The molecule has 2 aromatic carbocycles. The Morgan fingerprint density at radius 1 is 1.03 bits per heavy atom. The minimum Gasteiger partial charge on any atom is -0.459 e. The Morgan fingerprint density at radius 2 is 1.66 bits per heavy atom. The Morgan fingerprint density at radius 3 is 2.26 bits per heavy atom. The molecule has 0 saturated heterocycles. The van der Waals surface area contributed by atoms with Crippen molar-refractivity contribution in [3.05, 3.63) is 83.7 Å². The topological polar surface area (TPSA) is 124 Å². The molecule has 2 heterocycles. The van der Waals surface area contributed by atoms with Crippen molar-refractivity contribution in [2.24, 2.45) is 10.2 Å². The second kappa shape index (κ2) is 9.32. The van der Waals surface area contributed by atoms with Gasteiger partial charge >= 0.3 is 5.97 Å². The molecule has 9 nitrogen and oxygen atoms in total. The van der Waals surface area contributed by atoms with E-state index in [0.717, 1.165) is 0 Å². The van der Waals surface area contributed by atoms with Gasteiger partial charge in [0.25, 0.3) is 5.91 Å². The molecule has 1 aliphatic heterocycles. The molecular formula is C25H24N4O5S. The van der Waals surface area contributed by atoms with Gasteiger partial charge in [-0.15, -0.1) is 0 Å². The first kappa shape index (κ1) is 24.1. The molecule has 10 heteroatoms. The number of sulfonamides is 1. The van der Waals surface area contributed by atoms with Crippen LogP contribution < -0.4 is 10.1 Å². The Kier molecular flexibility index (Phi) is 6.42. The number of hydrogen-bond acceptors (Lipinski definition) is 6. The number of ether oxygens (including phenoxy) is 1. The van der Waals surface area contributed by atoms with E-state index in [2.05, 4.69) is 5.10 Å². The van der Waals surface area contributed by atoms with E-state index < -0.39 is 16.0 Å². The second-order valence-corrected chi connectivity index (χ2v) is 9.76. The van der Waals surface area contributed by atoms with Gasteiger partial charge in [0.05, 0.1) is 33.5 Å². The van der Waals surface area contributed by atoms with Crippen LogP contribution in [0.4, 0.5) is 5.69 Å². The Hall–Kier alpha value is -4.02. The van der Waals surface area contributed by atoms with E-state index in [0.29, 0.717) is 33.9 Å². The maximum Gasteiger partial charge on any atom is 0.338 e. The zero-order valence-electron chi connectivity index (χ0n) is 19.4. The summed E-state index contributed by atoms with van der Waals surface area (Å²) in [6.45, 7) is 5.29. The van der Waals surface area contributed by atoms with Crippen molar-refractivity contribution >= 4 is 39.4 Å². The molecule has 0 spiro atoms. The van der Waals surface area contributed by atoms with Gasteiger partial charge in [-0.3, -0.25) is 4.79 Å². The van der Waals surface area contributed by atoms with Gasteiger partial charge in [-0.1, -0.05) is 0 Å². The van der Waals surface area contributed by atoms with E-state index in [1.165, 1.54) is 17.1 Å². The van der Waals surface area contributed by atoms with Crippen LogP contribution in [0.1, 0.15) is 36.8 Å². The lowest BCUT2D eigenvalue weighted by Crippen LogP contribution is -2.21. The number of anilines is 1. The molecule has 0 fully saturated rings. The van der Waals surface area contributed by atoms with Gasteiger partial charge in [-0.2, -0.15) is 10.1 Å². The molecule has 3 aromatic rings. The van der Waals surface area contributed by atoms with Crippen molar-refractivity contribution in [2.45, 2.75) is 31.8 Å². The minimum atomic E-state index is -3.79. The molecule has 0 unspecified atom stereocenters. The first-order chi connectivity index (χ1) is 16.5. The third kappa shape index (κ3) is 5.08. The standard InChI is InChI=1S/C25H24N4O5S/c1-16(2)34-25(31)18-6-8-20(9-7-18)29-24(30)23(17(3)27-29)15-21-5-4-14-28(21)19-10-12-22(13-11-19)35(26,32)33/h4-16H,1-3H3,(H2,26,32,33)/b23-15-. The molecule has 2 N–H and O–H groups in total. The van der Waals surface area contributed by atoms with Crippen molar-refractivity contribution in [3.8, 4) is 5.69 Å². The third-order valence-electron chi connectivity index (χ3n) is 5.27. The summed E-state index contributed by atoms with van der Waals surface area (Å²) in [5.74, 6) is -0.741. The van der Waals surface area contributed by atoms with Crippen molar-refractivity contribution in [2.75, 3.05) is 5.01 Å². The fourth-order valence-electron chi connectivity index (χ4n) is 3.57. The molecular weight excluding hydrogens is 468 g/mol. The zero-order chi connectivity index (χ0) is 25.3. The normalized spacial score (nSPS) is 15.1. The quantitative estimate of drug-likeness (QED) is 0.417.